The first-order valence-electron chi connectivity index (χ1n) is 9.46. The first kappa shape index (κ1) is 19.7. The third-order valence-corrected chi connectivity index (χ3v) is 6.73. The van der Waals surface area contributed by atoms with E-state index in [1.807, 2.05) is 30.3 Å². The number of rotatable bonds is 7. The molecule has 1 atom stereocenters. The SMILES string of the molecule is COc1cccc(Nc2nnc(SCC(=O)N[C@@H]3CCCc4ccccc43)s2)c1. The van der Waals surface area contributed by atoms with Crippen LogP contribution in [-0.4, -0.2) is 29.0 Å². The van der Waals surface area contributed by atoms with Crippen LogP contribution in [0.15, 0.2) is 52.9 Å². The standard InChI is InChI=1S/C21H22N4O2S2/c1-27-16-9-5-8-15(12-16)22-20-24-25-21(29-20)28-13-19(26)23-18-11-4-7-14-6-2-3-10-17(14)18/h2-3,5-6,8-10,12,18H,4,7,11,13H2,1H3,(H,22,24)(H,23,26)/t18-/m1/s1. The Kier molecular flexibility index (Phi) is 6.31. The van der Waals surface area contributed by atoms with Gasteiger partial charge in [0.25, 0.3) is 0 Å². The van der Waals surface area contributed by atoms with Crippen LogP contribution in [0.25, 0.3) is 0 Å². The van der Waals surface area contributed by atoms with Gasteiger partial charge in [0.05, 0.1) is 18.9 Å². The summed E-state index contributed by atoms with van der Waals surface area (Å²) in [4.78, 5) is 12.5. The van der Waals surface area contributed by atoms with Crippen LogP contribution in [-0.2, 0) is 11.2 Å². The molecular weight excluding hydrogens is 404 g/mol. The molecule has 4 rings (SSSR count). The van der Waals surface area contributed by atoms with Gasteiger partial charge in [-0.05, 0) is 42.5 Å². The third kappa shape index (κ3) is 5.07. The summed E-state index contributed by atoms with van der Waals surface area (Å²) in [6, 6.07) is 16.1. The molecule has 150 valence electrons. The quantitative estimate of drug-likeness (QED) is 0.539. The van der Waals surface area contributed by atoms with Crippen molar-refractivity contribution >= 4 is 39.8 Å². The predicted molar refractivity (Wildman–Crippen MR) is 117 cm³/mol. The summed E-state index contributed by atoms with van der Waals surface area (Å²) in [6.07, 6.45) is 3.18. The maximum Gasteiger partial charge on any atom is 0.230 e. The molecule has 0 unspecified atom stereocenters. The minimum atomic E-state index is 0.0224. The van der Waals surface area contributed by atoms with Gasteiger partial charge in [0.1, 0.15) is 5.75 Å². The number of carbonyl (C=O) groups excluding carboxylic acids is 1. The van der Waals surface area contributed by atoms with E-state index in [-0.39, 0.29) is 11.9 Å². The molecule has 0 aliphatic heterocycles. The highest BCUT2D eigenvalue weighted by Gasteiger charge is 2.21. The molecule has 8 heteroatoms. The number of anilines is 2. The zero-order valence-electron chi connectivity index (χ0n) is 16.1. The monoisotopic (exact) mass is 426 g/mol. The van der Waals surface area contributed by atoms with Crippen molar-refractivity contribution in [3.63, 3.8) is 0 Å². The molecule has 29 heavy (non-hydrogen) atoms. The van der Waals surface area contributed by atoms with Crippen molar-refractivity contribution in [2.24, 2.45) is 0 Å². The lowest BCUT2D eigenvalue weighted by Gasteiger charge is -2.26. The first-order valence-corrected chi connectivity index (χ1v) is 11.3. The number of fused-ring (bicyclic) bond motifs is 1. The summed E-state index contributed by atoms with van der Waals surface area (Å²) < 4.78 is 5.98. The summed E-state index contributed by atoms with van der Waals surface area (Å²) in [5, 5.41) is 15.4. The second kappa shape index (κ2) is 9.28. The van der Waals surface area contributed by atoms with Crippen molar-refractivity contribution in [2.75, 3.05) is 18.2 Å². The topological polar surface area (TPSA) is 76.1 Å². The number of amides is 1. The first-order chi connectivity index (χ1) is 14.2. The maximum atomic E-state index is 12.5. The van der Waals surface area contributed by atoms with E-state index in [1.54, 1.807) is 7.11 Å². The van der Waals surface area contributed by atoms with Crippen LogP contribution in [0.4, 0.5) is 10.8 Å². The number of hydrogen-bond acceptors (Lipinski definition) is 7. The Morgan fingerprint density at radius 3 is 3.03 bits per heavy atom. The highest BCUT2D eigenvalue weighted by atomic mass is 32.2. The number of hydrogen-bond donors (Lipinski definition) is 2. The lowest BCUT2D eigenvalue weighted by atomic mass is 9.88. The molecular formula is C21H22N4O2S2. The average molecular weight is 427 g/mol. The molecule has 1 aromatic heterocycles. The Morgan fingerprint density at radius 2 is 2.14 bits per heavy atom. The van der Waals surface area contributed by atoms with Gasteiger partial charge in [0.15, 0.2) is 4.34 Å². The fraction of sp³-hybridized carbons (Fsp3) is 0.286. The highest BCUT2D eigenvalue weighted by Crippen LogP contribution is 2.31. The zero-order valence-corrected chi connectivity index (χ0v) is 17.7. The van der Waals surface area contributed by atoms with E-state index >= 15 is 0 Å². The van der Waals surface area contributed by atoms with Crippen LogP contribution >= 0.6 is 23.1 Å². The number of carbonyl (C=O) groups is 1. The largest absolute Gasteiger partial charge is 0.497 e. The van der Waals surface area contributed by atoms with E-state index in [1.165, 1.54) is 34.2 Å². The Hall–Kier alpha value is -2.58. The third-order valence-electron chi connectivity index (χ3n) is 4.76. The van der Waals surface area contributed by atoms with Gasteiger partial charge in [-0.25, -0.2) is 0 Å². The van der Waals surface area contributed by atoms with E-state index in [9.17, 15) is 4.79 Å². The lowest BCUT2D eigenvalue weighted by molar-refractivity contribution is -0.119. The summed E-state index contributed by atoms with van der Waals surface area (Å²) >= 11 is 2.83. The summed E-state index contributed by atoms with van der Waals surface area (Å²) in [5.41, 5.74) is 3.47. The zero-order chi connectivity index (χ0) is 20.1. The fourth-order valence-electron chi connectivity index (χ4n) is 3.41. The number of benzene rings is 2. The minimum absolute atomic E-state index is 0.0224. The van der Waals surface area contributed by atoms with Crippen molar-refractivity contribution in [1.29, 1.82) is 0 Å². The second-order valence-electron chi connectivity index (χ2n) is 6.73. The molecule has 0 radical (unpaired) electrons. The van der Waals surface area contributed by atoms with Crippen LogP contribution in [0.1, 0.15) is 30.0 Å². The number of methoxy groups -OCH3 is 1. The van der Waals surface area contributed by atoms with Gasteiger partial charge in [-0.1, -0.05) is 53.4 Å². The van der Waals surface area contributed by atoms with Crippen molar-refractivity contribution in [2.45, 2.75) is 29.6 Å². The fourth-order valence-corrected chi connectivity index (χ4v) is 4.99. The van der Waals surface area contributed by atoms with Gasteiger partial charge in [-0.15, -0.1) is 10.2 Å². The number of aryl methyl sites for hydroxylation is 1. The van der Waals surface area contributed by atoms with Gasteiger partial charge in [0, 0.05) is 11.8 Å². The van der Waals surface area contributed by atoms with Crippen molar-refractivity contribution in [3.05, 3.63) is 59.7 Å². The Bertz CT molecular complexity index is 992. The van der Waals surface area contributed by atoms with Crippen molar-refractivity contribution in [1.82, 2.24) is 15.5 Å². The van der Waals surface area contributed by atoms with Gasteiger partial charge < -0.3 is 15.4 Å². The van der Waals surface area contributed by atoms with Crippen molar-refractivity contribution in [3.8, 4) is 5.75 Å². The molecule has 0 fully saturated rings. The number of thioether (sulfide) groups is 1. The number of nitrogens with one attached hydrogen (secondary N) is 2. The minimum Gasteiger partial charge on any atom is -0.497 e. The molecule has 0 spiro atoms. The van der Waals surface area contributed by atoms with E-state index in [2.05, 4.69) is 39.0 Å². The smallest absolute Gasteiger partial charge is 0.230 e. The molecule has 6 nitrogen and oxygen atoms in total. The van der Waals surface area contributed by atoms with E-state index in [4.69, 9.17) is 4.74 Å². The molecule has 0 saturated carbocycles. The maximum absolute atomic E-state index is 12.5. The van der Waals surface area contributed by atoms with Crippen LogP contribution < -0.4 is 15.4 Å². The molecule has 3 aromatic rings. The Labute approximate surface area is 178 Å². The van der Waals surface area contributed by atoms with Gasteiger partial charge in [-0.2, -0.15) is 0 Å². The molecule has 1 aliphatic rings. The van der Waals surface area contributed by atoms with Crippen LogP contribution in [0.3, 0.4) is 0 Å². The molecule has 1 heterocycles. The number of aromatic nitrogens is 2. The van der Waals surface area contributed by atoms with E-state index in [0.717, 1.165) is 35.0 Å². The van der Waals surface area contributed by atoms with E-state index in [0.29, 0.717) is 10.9 Å². The number of ether oxygens (including phenoxy) is 1. The Balaban J connectivity index is 1.30. The second-order valence-corrected chi connectivity index (χ2v) is 8.93. The summed E-state index contributed by atoms with van der Waals surface area (Å²) in [6.45, 7) is 0. The molecule has 2 N–H and O–H groups in total. The Morgan fingerprint density at radius 1 is 1.24 bits per heavy atom. The summed E-state index contributed by atoms with van der Waals surface area (Å²) in [5.74, 6) is 1.12. The van der Waals surface area contributed by atoms with E-state index < -0.39 is 0 Å². The van der Waals surface area contributed by atoms with Gasteiger partial charge >= 0.3 is 0 Å². The number of nitrogens with zero attached hydrogens (tertiary/aromatic N) is 2. The normalized spacial score (nSPS) is 15.4. The van der Waals surface area contributed by atoms with Gasteiger partial charge in [0.2, 0.25) is 11.0 Å². The predicted octanol–water partition coefficient (Wildman–Crippen LogP) is 4.58. The van der Waals surface area contributed by atoms with Crippen LogP contribution in [0.5, 0.6) is 5.75 Å². The molecule has 1 amide bonds. The van der Waals surface area contributed by atoms with Crippen LogP contribution in [0.2, 0.25) is 0 Å². The molecule has 0 bridgehead atoms. The molecule has 2 aromatic carbocycles. The van der Waals surface area contributed by atoms with Crippen LogP contribution in [0, 0.1) is 0 Å². The highest BCUT2D eigenvalue weighted by molar-refractivity contribution is 8.01. The molecule has 1 aliphatic carbocycles. The molecule has 0 saturated heterocycles. The summed E-state index contributed by atoms with van der Waals surface area (Å²) in [7, 11) is 1.63. The van der Waals surface area contributed by atoms with Gasteiger partial charge in [-0.3, -0.25) is 4.79 Å². The van der Waals surface area contributed by atoms with Crippen molar-refractivity contribution < 1.29 is 9.53 Å². The average Bonchev–Trinajstić information content (AvgIpc) is 3.20. The lowest BCUT2D eigenvalue weighted by Crippen LogP contribution is -2.32.